The number of nitrogens with zero attached hydrogens (tertiary/aromatic N) is 1. The Labute approximate surface area is 145 Å². The van der Waals surface area contributed by atoms with Gasteiger partial charge in [0.15, 0.2) is 0 Å². The van der Waals surface area contributed by atoms with Gasteiger partial charge in [0, 0.05) is 34.4 Å². The van der Waals surface area contributed by atoms with Gasteiger partial charge in [-0.15, -0.1) is 0 Å². The summed E-state index contributed by atoms with van der Waals surface area (Å²) in [5.41, 5.74) is 7.30. The fraction of sp³-hybridized carbons (Fsp3) is 0.200. The molecular weight excluding hydrogens is 359 g/mol. The van der Waals surface area contributed by atoms with Crippen molar-refractivity contribution in [1.29, 1.82) is 0 Å². The number of hydrogen-bond acceptors (Lipinski definition) is 4. The molecule has 0 radical (unpaired) electrons. The summed E-state index contributed by atoms with van der Waals surface area (Å²) in [4.78, 5) is 0. The zero-order chi connectivity index (χ0) is 17.2. The molecule has 0 heterocycles. The number of halogens is 2. The van der Waals surface area contributed by atoms with Crippen molar-refractivity contribution in [3.8, 4) is 5.75 Å². The molecule has 0 aliphatic carbocycles. The van der Waals surface area contributed by atoms with E-state index in [9.17, 15) is 8.42 Å². The molecule has 23 heavy (non-hydrogen) atoms. The Morgan fingerprint density at radius 1 is 1.17 bits per heavy atom. The van der Waals surface area contributed by atoms with Crippen molar-refractivity contribution in [3.63, 3.8) is 0 Å². The molecule has 2 N–H and O–H groups in total. The molecule has 124 valence electrons. The highest BCUT2D eigenvalue weighted by atomic mass is 35.5. The number of nitrogens with two attached hydrogens (primary N) is 1. The molecule has 8 heteroatoms. The van der Waals surface area contributed by atoms with Crippen LogP contribution in [0.2, 0.25) is 10.0 Å². The SMILES string of the molecule is CN(c1ccc(N)cc1OCc1cc(Cl)ccc1Cl)S(C)(=O)=O. The van der Waals surface area contributed by atoms with Gasteiger partial charge < -0.3 is 10.5 Å². The highest BCUT2D eigenvalue weighted by molar-refractivity contribution is 7.92. The lowest BCUT2D eigenvalue weighted by molar-refractivity contribution is 0.307. The average Bonchev–Trinajstić information content (AvgIpc) is 2.46. The molecule has 0 spiro atoms. The minimum Gasteiger partial charge on any atom is -0.487 e. The Morgan fingerprint density at radius 3 is 2.52 bits per heavy atom. The van der Waals surface area contributed by atoms with Crippen molar-refractivity contribution in [2.75, 3.05) is 23.3 Å². The number of sulfonamides is 1. The van der Waals surface area contributed by atoms with Crippen molar-refractivity contribution in [2.45, 2.75) is 6.61 Å². The predicted molar refractivity (Wildman–Crippen MR) is 94.9 cm³/mol. The van der Waals surface area contributed by atoms with E-state index >= 15 is 0 Å². The zero-order valence-corrected chi connectivity index (χ0v) is 14.9. The van der Waals surface area contributed by atoms with Crippen LogP contribution in [0.1, 0.15) is 5.56 Å². The number of rotatable bonds is 5. The number of hydrogen-bond donors (Lipinski definition) is 1. The zero-order valence-electron chi connectivity index (χ0n) is 12.6. The van der Waals surface area contributed by atoms with Crippen LogP contribution in [0.15, 0.2) is 36.4 Å². The molecule has 2 aromatic rings. The van der Waals surface area contributed by atoms with Gasteiger partial charge in [0.1, 0.15) is 12.4 Å². The first kappa shape index (κ1) is 17.7. The molecule has 5 nitrogen and oxygen atoms in total. The van der Waals surface area contributed by atoms with Gasteiger partial charge in [-0.05, 0) is 30.3 Å². The molecule has 0 fully saturated rings. The van der Waals surface area contributed by atoms with Crippen LogP contribution >= 0.6 is 23.2 Å². The monoisotopic (exact) mass is 374 g/mol. The fourth-order valence-corrected chi connectivity index (χ4v) is 2.77. The van der Waals surface area contributed by atoms with E-state index in [2.05, 4.69) is 0 Å². The van der Waals surface area contributed by atoms with Gasteiger partial charge in [0.2, 0.25) is 10.0 Å². The maximum Gasteiger partial charge on any atom is 0.232 e. The summed E-state index contributed by atoms with van der Waals surface area (Å²) in [5.74, 6) is 0.342. The predicted octanol–water partition coefficient (Wildman–Crippen LogP) is 3.55. The van der Waals surface area contributed by atoms with Crippen LogP contribution in [0.4, 0.5) is 11.4 Å². The minimum atomic E-state index is -3.42. The number of ether oxygens (including phenoxy) is 1. The fourth-order valence-electron chi connectivity index (χ4n) is 1.89. The van der Waals surface area contributed by atoms with E-state index < -0.39 is 10.0 Å². The minimum absolute atomic E-state index is 0.132. The highest BCUT2D eigenvalue weighted by Gasteiger charge is 2.17. The molecule has 2 rings (SSSR count). The maximum atomic E-state index is 11.7. The first-order valence-electron chi connectivity index (χ1n) is 6.58. The van der Waals surface area contributed by atoms with Gasteiger partial charge in [0.25, 0.3) is 0 Å². The van der Waals surface area contributed by atoms with Crippen LogP contribution in [0, 0.1) is 0 Å². The lowest BCUT2D eigenvalue weighted by atomic mass is 10.2. The van der Waals surface area contributed by atoms with E-state index in [1.54, 1.807) is 36.4 Å². The van der Waals surface area contributed by atoms with E-state index in [0.717, 1.165) is 10.6 Å². The summed E-state index contributed by atoms with van der Waals surface area (Å²) in [5, 5.41) is 1.05. The second-order valence-corrected chi connectivity index (χ2v) is 7.84. The van der Waals surface area contributed by atoms with Crippen LogP contribution < -0.4 is 14.8 Å². The van der Waals surface area contributed by atoms with Crippen LogP contribution in [-0.4, -0.2) is 21.7 Å². The molecule has 0 amide bonds. The smallest absolute Gasteiger partial charge is 0.232 e. The van der Waals surface area contributed by atoms with Gasteiger partial charge in [-0.2, -0.15) is 0 Å². The topological polar surface area (TPSA) is 72.6 Å². The summed E-state index contributed by atoms with van der Waals surface area (Å²) >= 11 is 12.0. The van der Waals surface area contributed by atoms with Crippen molar-refractivity contribution in [2.24, 2.45) is 0 Å². The Kier molecular flexibility index (Phi) is 5.29. The third-order valence-electron chi connectivity index (χ3n) is 3.21. The number of anilines is 2. The Morgan fingerprint density at radius 2 is 1.87 bits per heavy atom. The summed E-state index contributed by atoms with van der Waals surface area (Å²) in [7, 11) is -1.98. The first-order chi connectivity index (χ1) is 10.7. The molecule has 2 aromatic carbocycles. The van der Waals surface area contributed by atoms with Crippen LogP contribution in [-0.2, 0) is 16.6 Å². The second kappa shape index (κ2) is 6.86. The van der Waals surface area contributed by atoms with Gasteiger partial charge >= 0.3 is 0 Å². The molecule has 0 unspecified atom stereocenters. The van der Waals surface area contributed by atoms with E-state index in [4.69, 9.17) is 33.7 Å². The Bertz CT molecular complexity index is 825. The highest BCUT2D eigenvalue weighted by Crippen LogP contribution is 2.32. The molecule has 0 saturated heterocycles. The summed E-state index contributed by atoms with van der Waals surface area (Å²) in [6.45, 7) is 0.132. The van der Waals surface area contributed by atoms with Crippen LogP contribution in [0.3, 0.4) is 0 Å². The molecule has 0 saturated carbocycles. The molecule has 0 bridgehead atoms. The molecule has 0 aliphatic heterocycles. The summed E-state index contributed by atoms with van der Waals surface area (Å²) in [6.07, 6.45) is 1.11. The lowest BCUT2D eigenvalue weighted by Gasteiger charge is -2.21. The quantitative estimate of drug-likeness (QED) is 0.812. The normalized spacial score (nSPS) is 11.3. The average molecular weight is 375 g/mol. The molecular formula is C15H16Cl2N2O3S. The number of nitrogen functional groups attached to an aromatic ring is 1. The van der Waals surface area contributed by atoms with Gasteiger partial charge in [0.05, 0.1) is 11.9 Å². The Balaban J connectivity index is 2.32. The van der Waals surface area contributed by atoms with E-state index in [-0.39, 0.29) is 6.61 Å². The standard InChI is InChI=1S/C15H16Cl2N2O3S/c1-19(23(2,20)21)14-6-4-12(18)8-15(14)22-9-10-7-11(16)3-5-13(10)17/h3-8H,9,18H2,1-2H3. The summed E-state index contributed by atoms with van der Waals surface area (Å²) in [6, 6.07) is 9.80. The molecule has 0 atom stereocenters. The Hall–Kier alpha value is -1.63. The van der Waals surface area contributed by atoms with E-state index in [1.165, 1.54) is 7.05 Å². The van der Waals surface area contributed by atoms with E-state index in [1.807, 2.05) is 0 Å². The third kappa shape index (κ3) is 4.43. The molecule has 0 aliphatic rings. The van der Waals surface area contributed by atoms with Crippen molar-refractivity contribution in [3.05, 3.63) is 52.0 Å². The van der Waals surface area contributed by atoms with Gasteiger partial charge in [-0.1, -0.05) is 23.2 Å². The number of benzene rings is 2. The molecule has 0 aromatic heterocycles. The van der Waals surface area contributed by atoms with Crippen LogP contribution in [0.5, 0.6) is 5.75 Å². The van der Waals surface area contributed by atoms with Crippen molar-refractivity contribution in [1.82, 2.24) is 0 Å². The summed E-state index contributed by atoms with van der Waals surface area (Å²) < 4.78 is 30.3. The third-order valence-corrected chi connectivity index (χ3v) is 5.01. The van der Waals surface area contributed by atoms with Gasteiger partial charge in [-0.25, -0.2) is 8.42 Å². The van der Waals surface area contributed by atoms with E-state index in [0.29, 0.717) is 32.7 Å². The first-order valence-corrected chi connectivity index (χ1v) is 9.19. The second-order valence-electron chi connectivity index (χ2n) is 4.98. The van der Waals surface area contributed by atoms with Crippen LogP contribution in [0.25, 0.3) is 0 Å². The lowest BCUT2D eigenvalue weighted by Crippen LogP contribution is -2.25. The van der Waals surface area contributed by atoms with Gasteiger partial charge in [-0.3, -0.25) is 4.31 Å². The van der Waals surface area contributed by atoms with Crippen molar-refractivity contribution < 1.29 is 13.2 Å². The van der Waals surface area contributed by atoms with Crippen molar-refractivity contribution >= 4 is 44.6 Å². The largest absolute Gasteiger partial charge is 0.487 e. The maximum absolute atomic E-state index is 11.7.